The zero-order chi connectivity index (χ0) is 15.4. The fourth-order valence-electron chi connectivity index (χ4n) is 2.24. The highest BCUT2D eigenvalue weighted by molar-refractivity contribution is 5.92. The number of nitrogens with zero attached hydrogens (tertiary/aromatic N) is 1. The molecule has 0 spiro atoms. The Labute approximate surface area is 124 Å². The molecule has 0 bridgehead atoms. The lowest BCUT2D eigenvalue weighted by atomic mass is 10.0. The van der Waals surface area contributed by atoms with Gasteiger partial charge in [-0.05, 0) is 25.8 Å². The molecule has 2 aromatic rings. The topological polar surface area (TPSA) is 75.4 Å². The maximum atomic E-state index is 12.1. The van der Waals surface area contributed by atoms with Crippen molar-refractivity contribution in [1.82, 2.24) is 10.3 Å². The number of aliphatic hydroxyl groups excluding tert-OH is 1. The van der Waals surface area contributed by atoms with Crippen molar-refractivity contribution < 1.29 is 14.3 Å². The summed E-state index contributed by atoms with van der Waals surface area (Å²) in [5.74, 6) is 0.393. The molecule has 0 unspecified atom stereocenters. The van der Waals surface area contributed by atoms with Gasteiger partial charge in [-0.1, -0.05) is 30.3 Å². The van der Waals surface area contributed by atoms with E-state index in [0.29, 0.717) is 18.0 Å². The fourth-order valence-corrected chi connectivity index (χ4v) is 2.24. The maximum absolute atomic E-state index is 12.1. The molecule has 0 aliphatic rings. The Balaban J connectivity index is 1.94. The van der Waals surface area contributed by atoms with Gasteiger partial charge in [0, 0.05) is 13.0 Å². The average molecular weight is 288 g/mol. The van der Waals surface area contributed by atoms with E-state index in [1.807, 2.05) is 37.3 Å². The second-order valence-electron chi connectivity index (χ2n) is 5.18. The molecular weight excluding hydrogens is 268 g/mol. The second kappa shape index (κ2) is 6.54. The molecule has 5 nitrogen and oxygen atoms in total. The molecular formula is C16H20N2O3. The normalized spacial score (nSPS) is 13.7. The molecule has 5 heteroatoms. The van der Waals surface area contributed by atoms with Crippen LogP contribution in [0.25, 0.3) is 0 Å². The van der Waals surface area contributed by atoms with Crippen LogP contribution in [0.15, 0.2) is 34.7 Å². The van der Waals surface area contributed by atoms with Crippen molar-refractivity contribution in [3.8, 4) is 0 Å². The van der Waals surface area contributed by atoms with Crippen molar-refractivity contribution in [3.63, 3.8) is 0 Å². The SMILES string of the molecule is Cc1nc(C)c(C(=O)N[C@@H](C)C[C@@H](O)c2ccccc2)o1. The molecule has 0 fully saturated rings. The van der Waals surface area contributed by atoms with Crippen LogP contribution >= 0.6 is 0 Å². The van der Waals surface area contributed by atoms with Crippen LogP contribution in [0.3, 0.4) is 0 Å². The zero-order valence-corrected chi connectivity index (χ0v) is 12.5. The average Bonchev–Trinajstić information content (AvgIpc) is 2.78. The maximum Gasteiger partial charge on any atom is 0.289 e. The summed E-state index contributed by atoms with van der Waals surface area (Å²) in [5, 5.41) is 13.0. The molecule has 0 aliphatic heterocycles. The number of benzene rings is 1. The molecule has 0 aliphatic carbocycles. The molecule has 0 radical (unpaired) electrons. The van der Waals surface area contributed by atoms with E-state index in [1.165, 1.54) is 0 Å². The highest BCUT2D eigenvalue weighted by Crippen LogP contribution is 2.18. The van der Waals surface area contributed by atoms with Gasteiger partial charge in [-0.15, -0.1) is 0 Å². The molecule has 2 atom stereocenters. The summed E-state index contributed by atoms with van der Waals surface area (Å²) in [4.78, 5) is 16.2. The van der Waals surface area contributed by atoms with Crippen molar-refractivity contribution in [1.29, 1.82) is 0 Å². The minimum absolute atomic E-state index is 0.183. The van der Waals surface area contributed by atoms with E-state index in [2.05, 4.69) is 10.3 Å². The van der Waals surface area contributed by atoms with Gasteiger partial charge >= 0.3 is 0 Å². The van der Waals surface area contributed by atoms with Crippen LogP contribution in [-0.4, -0.2) is 22.0 Å². The first-order chi connectivity index (χ1) is 9.97. The summed E-state index contributed by atoms with van der Waals surface area (Å²) in [6.45, 7) is 5.28. The molecule has 21 heavy (non-hydrogen) atoms. The molecule has 2 N–H and O–H groups in total. The Morgan fingerprint density at radius 2 is 2.00 bits per heavy atom. The molecule has 0 saturated heterocycles. The van der Waals surface area contributed by atoms with Crippen molar-refractivity contribution >= 4 is 5.91 Å². The van der Waals surface area contributed by atoms with Crippen molar-refractivity contribution in [2.24, 2.45) is 0 Å². The van der Waals surface area contributed by atoms with E-state index in [0.717, 1.165) is 5.56 Å². The van der Waals surface area contributed by atoms with Gasteiger partial charge in [0.25, 0.3) is 5.91 Å². The van der Waals surface area contributed by atoms with Crippen LogP contribution in [0, 0.1) is 13.8 Å². The Bertz CT molecular complexity index is 607. The highest BCUT2D eigenvalue weighted by atomic mass is 16.4. The van der Waals surface area contributed by atoms with E-state index in [9.17, 15) is 9.90 Å². The van der Waals surface area contributed by atoms with Gasteiger partial charge in [-0.25, -0.2) is 4.98 Å². The third kappa shape index (κ3) is 3.92. The van der Waals surface area contributed by atoms with Crippen LogP contribution < -0.4 is 5.32 Å². The lowest BCUT2D eigenvalue weighted by molar-refractivity contribution is 0.0887. The number of aryl methyl sites for hydroxylation is 2. The lowest BCUT2D eigenvalue weighted by Crippen LogP contribution is -2.33. The first-order valence-electron chi connectivity index (χ1n) is 6.95. The number of oxazole rings is 1. The van der Waals surface area contributed by atoms with Crippen LogP contribution in [0.1, 0.15) is 47.2 Å². The van der Waals surface area contributed by atoms with Gasteiger partial charge in [0.15, 0.2) is 5.89 Å². The first kappa shape index (κ1) is 15.3. The Morgan fingerprint density at radius 3 is 2.57 bits per heavy atom. The van der Waals surface area contributed by atoms with Gasteiger partial charge in [0.05, 0.1) is 11.8 Å². The number of carbonyl (C=O) groups excluding carboxylic acids is 1. The smallest absolute Gasteiger partial charge is 0.289 e. The Morgan fingerprint density at radius 1 is 1.33 bits per heavy atom. The zero-order valence-electron chi connectivity index (χ0n) is 12.5. The van der Waals surface area contributed by atoms with Crippen LogP contribution in [-0.2, 0) is 0 Å². The summed E-state index contributed by atoms with van der Waals surface area (Å²) in [6, 6.07) is 9.20. The third-order valence-corrected chi connectivity index (χ3v) is 3.25. The molecule has 1 heterocycles. The van der Waals surface area contributed by atoms with Crippen LogP contribution in [0.5, 0.6) is 0 Å². The molecule has 112 valence electrons. The number of rotatable bonds is 5. The third-order valence-electron chi connectivity index (χ3n) is 3.25. The number of hydrogen-bond donors (Lipinski definition) is 2. The predicted octanol–water partition coefficient (Wildman–Crippen LogP) is 2.53. The quantitative estimate of drug-likeness (QED) is 0.886. The lowest BCUT2D eigenvalue weighted by Gasteiger charge is -2.17. The van der Waals surface area contributed by atoms with E-state index in [4.69, 9.17) is 4.42 Å². The summed E-state index contributed by atoms with van der Waals surface area (Å²) < 4.78 is 5.28. The monoisotopic (exact) mass is 288 g/mol. The Hall–Kier alpha value is -2.14. The highest BCUT2D eigenvalue weighted by Gasteiger charge is 2.19. The van der Waals surface area contributed by atoms with Crippen molar-refractivity contribution in [2.75, 3.05) is 0 Å². The largest absolute Gasteiger partial charge is 0.436 e. The first-order valence-corrected chi connectivity index (χ1v) is 6.95. The minimum Gasteiger partial charge on any atom is -0.436 e. The summed E-state index contributed by atoms with van der Waals surface area (Å²) >= 11 is 0. The number of hydrogen-bond acceptors (Lipinski definition) is 4. The molecule has 2 rings (SSSR count). The summed E-state index contributed by atoms with van der Waals surface area (Å²) in [5.41, 5.74) is 1.41. The molecule has 1 aromatic carbocycles. The predicted molar refractivity (Wildman–Crippen MR) is 78.9 cm³/mol. The van der Waals surface area contributed by atoms with Gasteiger partial charge in [0.1, 0.15) is 0 Å². The minimum atomic E-state index is -0.612. The molecule has 1 aromatic heterocycles. The summed E-state index contributed by atoms with van der Waals surface area (Å²) in [7, 11) is 0. The van der Waals surface area contributed by atoms with E-state index >= 15 is 0 Å². The van der Waals surface area contributed by atoms with Crippen molar-refractivity contribution in [2.45, 2.75) is 39.3 Å². The van der Waals surface area contributed by atoms with E-state index in [-0.39, 0.29) is 17.7 Å². The van der Waals surface area contributed by atoms with Gasteiger partial charge in [0.2, 0.25) is 5.76 Å². The Kier molecular flexibility index (Phi) is 4.75. The number of aliphatic hydroxyl groups is 1. The number of aromatic nitrogens is 1. The number of nitrogens with one attached hydrogen (secondary N) is 1. The fraction of sp³-hybridized carbons (Fsp3) is 0.375. The second-order valence-corrected chi connectivity index (χ2v) is 5.18. The number of carbonyl (C=O) groups is 1. The van der Waals surface area contributed by atoms with Gasteiger partial charge in [-0.2, -0.15) is 0 Å². The summed E-state index contributed by atoms with van der Waals surface area (Å²) in [6.07, 6.45) is -0.180. The van der Waals surface area contributed by atoms with Crippen LogP contribution in [0.2, 0.25) is 0 Å². The van der Waals surface area contributed by atoms with Crippen molar-refractivity contribution in [3.05, 3.63) is 53.2 Å². The standard InChI is InChI=1S/C16H20N2O3/c1-10(9-14(19)13-7-5-4-6-8-13)17-16(20)15-11(2)18-12(3)21-15/h4-8,10,14,19H,9H2,1-3H3,(H,17,20)/t10-,14+/m0/s1. The molecule has 1 amide bonds. The van der Waals surface area contributed by atoms with E-state index < -0.39 is 6.10 Å². The van der Waals surface area contributed by atoms with Gasteiger partial charge in [-0.3, -0.25) is 4.79 Å². The van der Waals surface area contributed by atoms with Crippen LogP contribution in [0.4, 0.5) is 0 Å². The van der Waals surface area contributed by atoms with E-state index in [1.54, 1.807) is 13.8 Å². The number of amides is 1. The van der Waals surface area contributed by atoms with Gasteiger partial charge < -0.3 is 14.8 Å². The molecule has 0 saturated carbocycles.